The molecule has 5 heteroatoms. The zero-order chi connectivity index (χ0) is 7.11. The van der Waals surface area contributed by atoms with Crippen molar-refractivity contribution in [1.29, 1.82) is 0 Å². The molecule has 0 amide bonds. The summed E-state index contributed by atoms with van der Waals surface area (Å²) in [5, 5.41) is 1.03. The first-order valence-corrected chi connectivity index (χ1v) is 4.61. The van der Waals surface area contributed by atoms with Crippen LogP contribution < -0.4 is 45.4 Å². The first-order valence-electron chi connectivity index (χ1n) is 3.49. The van der Waals surface area contributed by atoms with Gasteiger partial charge in [-0.05, 0) is 12.8 Å². The van der Waals surface area contributed by atoms with Gasteiger partial charge in [-0.15, -0.1) is 0 Å². The molecular formula is C6H17Br3N2. The molecule has 2 nitrogen and oxygen atoms in total. The zero-order valence-corrected chi connectivity index (χ0v) is 11.4. The maximum Gasteiger partial charge on any atom is 0.0941 e. The van der Waals surface area contributed by atoms with Gasteiger partial charge in [-0.3, -0.25) is 0 Å². The van der Waals surface area contributed by atoms with Gasteiger partial charge < -0.3 is 45.4 Å². The number of unbranched alkanes of at least 4 members (excludes halogenated alkanes) is 1. The number of hydrogen-bond donors (Lipinski definition) is 2. The van der Waals surface area contributed by atoms with Gasteiger partial charge in [-0.2, -0.15) is 0 Å². The highest BCUT2D eigenvalue weighted by Crippen LogP contribution is 1.97. The van der Waals surface area contributed by atoms with Crippen molar-refractivity contribution in [1.82, 2.24) is 0 Å². The van der Waals surface area contributed by atoms with E-state index in [0.717, 1.165) is 11.9 Å². The number of halogens is 3. The molecule has 0 saturated carbocycles. The fourth-order valence-electron chi connectivity index (χ4n) is 0.687. The maximum atomic E-state index is 3.96. The Bertz CT molecular complexity index is 63.8. The highest BCUT2D eigenvalue weighted by Gasteiger charge is 2.01. The van der Waals surface area contributed by atoms with E-state index in [4.69, 9.17) is 0 Å². The van der Waals surface area contributed by atoms with Crippen molar-refractivity contribution in [3.63, 3.8) is 0 Å². The smallest absolute Gasteiger partial charge is 0.0941 e. The zero-order valence-electron chi connectivity index (χ0n) is 6.66. The fourth-order valence-corrected chi connectivity index (χ4v) is 1.01. The number of rotatable bonds is 5. The summed E-state index contributed by atoms with van der Waals surface area (Å²) in [5.74, 6) is 0. The minimum atomic E-state index is 0. The highest BCUT2D eigenvalue weighted by atomic mass is 79.9. The van der Waals surface area contributed by atoms with Crippen LogP contribution in [0.4, 0.5) is 0 Å². The molecular weight excluding hydrogens is 340 g/mol. The number of hydrogen-bond acceptors (Lipinski definition) is 0. The molecule has 0 saturated heterocycles. The van der Waals surface area contributed by atoms with Gasteiger partial charge in [-0.1, -0.05) is 15.9 Å². The summed E-state index contributed by atoms with van der Waals surface area (Å²) in [6, 6.07) is 0.594. The van der Waals surface area contributed by atoms with Crippen molar-refractivity contribution in [3.05, 3.63) is 0 Å². The molecule has 11 heavy (non-hydrogen) atoms. The van der Waals surface area contributed by atoms with Crippen LogP contribution in [-0.2, 0) is 0 Å². The summed E-state index contributed by atoms with van der Waals surface area (Å²) in [5.41, 5.74) is 7.74. The summed E-state index contributed by atoms with van der Waals surface area (Å²) in [4.78, 5) is 0. The quantitative estimate of drug-likeness (QED) is 0.364. The lowest BCUT2D eigenvalue weighted by molar-refractivity contribution is -0.413. The molecule has 0 fully saturated rings. The average Bonchev–Trinajstić information content (AvgIpc) is 1.89. The Kier molecular flexibility index (Phi) is 23.0. The lowest BCUT2D eigenvalue weighted by Crippen LogP contribution is -3.00. The second kappa shape index (κ2) is 13.9. The minimum absolute atomic E-state index is 0. The van der Waals surface area contributed by atoms with Crippen molar-refractivity contribution in [2.45, 2.75) is 25.3 Å². The van der Waals surface area contributed by atoms with Gasteiger partial charge in [0, 0.05) is 6.42 Å². The van der Waals surface area contributed by atoms with Crippen molar-refractivity contribution in [2.24, 2.45) is 0 Å². The molecule has 0 aromatic heterocycles. The number of quaternary nitrogens is 2. The van der Waals surface area contributed by atoms with Crippen LogP contribution in [0.1, 0.15) is 19.3 Å². The summed E-state index contributed by atoms with van der Waals surface area (Å²) in [6.07, 6.45) is 3.77. The molecule has 0 aromatic rings. The van der Waals surface area contributed by atoms with Gasteiger partial charge in [0.15, 0.2) is 0 Å². The van der Waals surface area contributed by atoms with Gasteiger partial charge in [-0.25, -0.2) is 0 Å². The molecule has 0 radical (unpaired) electrons. The van der Waals surface area contributed by atoms with E-state index in [-0.39, 0.29) is 34.0 Å². The van der Waals surface area contributed by atoms with Crippen LogP contribution in [-0.4, -0.2) is 17.9 Å². The summed E-state index contributed by atoms with van der Waals surface area (Å²) >= 11 is 3.39. The second-order valence-electron chi connectivity index (χ2n) is 2.37. The van der Waals surface area contributed by atoms with Crippen LogP contribution >= 0.6 is 15.9 Å². The third kappa shape index (κ3) is 14.2. The molecule has 0 spiro atoms. The molecule has 0 bridgehead atoms. The molecule has 1 unspecified atom stereocenters. The van der Waals surface area contributed by atoms with E-state index in [2.05, 4.69) is 27.4 Å². The standard InChI is InChI=1S/C6H15BrN2.2BrH/c7-5-6(9)3-1-2-4-8;;/h6H,1-5,8-9H2;2*1H. The molecule has 1 atom stereocenters. The Balaban J connectivity index is -0.000000320. The monoisotopic (exact) mass is 354 g/mol. The van der Waals surface area contributed by atoms with Crippen LogP contribution in [0.25, 0.3) is 0 Å². The first-order chi connectivity index (χ1) is 4.31. The minimum Gasteiger partial charge on any atom is -1.00 e. The van der Waals surface area contributed by atoms with E-state index in [0.29, 0.717) is 6.04 Å². The second-order valence-corrected chi connectivity index (χ2v) is 3.02. The summed E-state index contributed by atoms with van der Waals surface area (Å²) < 4.78 is 0. The summed E-state index contributed by atoms with van der Waals surface area (Å²) in [7, 11) is 0. The lowest BCUT2D eigenvalue weighted by atomic mass is 10.1. The van der Waals surface area contributed by atoms with Gasteiger partial charge in [0.05, 0.1) is 17.9 Å². The Morgan fingerprint density at radius 1 is 1.18 bits per heavy atom. The maximum absolute atomic E-state index is 3.96. The largest absolute Gasteiger partial charge is 1.00 e. The molecule has 72 valence electrons. The molecule has 0 rings (SSSR count). The first kappa shape index (κ1) is 18.2. The van der Waals surface area contributed by atoms with Crippen LogP contribution in [0, 0.1) is 0 Å². The fraction of sp³-hybridized carbons (Fsp3) is 1.00. The van der Waals surface area contributed by atoms with Crippen LogP contribution in [0.5, 0.6) is 0 Å². The van der Waals surface area contributed by atoms with Gasteiger partial charge >= 0.3 is 0 Å². The molecule has 0 aliphatic carbocycles. The molecule has 6 N–H and O–H groups in total. The third-order valence-electron chi connectivity index (χ3n) is 1.33. The number of alkyl halides is 1. The van der Waals surface area contributed by atoms with E-state index in [1.165, 1.54) is 19.3 Å². The van der Waals surface area contributed by atoms with Gasteiger partial charge in [0.2, 0.25) is 0 Å². The normalized spacial score (nSPS) is 11.2. The Morgan fingerprint density at radius 3 is 2.09 bits per heavy atom. The van der Waals surface area contributed by atoms with Crippen LogP contribution in [0.2, 0.25) is 0 Å². The third-order valence-corrected chi connectivity index (χ3v) is 2.25. The van der Waals surface area contributed by atoms with Crippen LogP contribution in [0.15, 0.2) is 0 Å². The molecule has 0 aliphatic rings. The Labute approximate surface area is 98.1 Å². The predicted octanol–water partition coefficient (Wildman–Crippen LogP) is -6.59. The van der Waals surface area contributed by atoms with E-state index in [1.807, 2.05) is 0 Å². The highest BCUT2D eigenvalue weighted by molar-refractivity contribution is 9.09. The SMILES string of the molecule is [Br-].[Br-].[NH3+]CCCCC([NH3+])CBr. The van der Waals surface area contributed by atoms with E-state index in [9.17, 15) is 0 Å². The molecule has 0 heterocycles. The van der Waals surface area contributed by atoms with E-state index >= 15 is 0 Å². The van der Waals surface area contributed by atoms with Crippen molar-refractivity contribution in [3.8, 4) is 0 Å². The molecule has 0 aliphatic heterocycles. The average molecular weight is 357 g/mol. The lowest BCUT2D eigenvalue weighted by Gasteiger charge is -2.01. The van der Waals surface area contributed by atoms with E-state index < -0.39 is 0 Å². The summed E-state index contributed by atoms with van der Waals surface area (Å²) in [6.45, 7) is 1.06. The topological polar surface area (TPSA) is 55.3 Å². The van der Waals surface area contributed by atoms with Crippen molar-refractivity contribution >= 4 is 15.9 Å². The molecule has 0 aromatic carbocycles. The predicted molar refractivity (Wildman–Crippen MR) is 42.1 cm³/mol. The van der Waals surface area contributed by atoms with Gasteiger partial charge in [0.1, 0.15) is 0 Å². The van der Waals surface area contributed by atoms with Crippen LogP contribution in [0.3, 0.4) is 0 Å². The van der Waals surface area contributed by atoms with Crippen molar-refractivity contribution < 1.29 is 45.4 Å². The Hall–Kier alpha value is 1.36. The Morgan fingerprint density at radius 2 is 1.73 bits per heavy atom. The van der Waals surface area contributed by atoms with Crippen molar-refractivity contribution in [2.75, 3.05) is 11.9 Å². The van der Waals surface area contributed by atoms with Gasteiger partial charge in [0.25, 0.3) is 0 Å². The van der Waals surface area contributed by atoms with E-state index in [1.54, 1.807) is 0 Å².